The number of aryl methyl sites for hydroxylation is 1. The minimum atomic E-state index is -3.80. The summed E-state index contributed by atoms with van der Waals surface area (Å²) >= 11 is 6.94. The maximum Gasteiger partial charge on any atom is 0.271 e. The second kappa shape index (κ2) is 6.42. The van der Waals surface area contributed by atoms with Crippen LogP contribution in [0.5, 0.6) is 5.75 Å². The summed E-state index contributed by atoms with van der Waals surface area (Å²) in [6, 6.07) is 7.76. The van der Waals surface area contributed by atoms with Gasteiger partial charge in [0.1, 0.15) is 9.96 Å². The summed E-state index contributed by atoms with van der Waals surface area (Å²) in [6.07, 6.45) is 0. The third kappa shape index (κ3) is 3.37. The highest BCUT2D eigenvalue weighted by Crippen LogP contribution is 2.33. The largest absolute Gasteiger partial charge is 0.495 e. The molecular weight excluding hydrogens is 374 g/mol. The number of hydrogen-bond acceptors (Lipinski definition) is 7. The summed E-state index contributed by atoms with van der Waals surface area (Å²) in [6.45, 7) is 1.66. The van der Waals surface area contributed by atoms with Gasteiger partial charge in [-0.3, -0.25) is 4.72 Å². The number of nitrogens with zero attached hydrogens (tertiary/aromatic N) is 2. The maximum atomic E-state index is 12.6. The van der Waals surface area contributed by atoms with Crippen LogP contribution in [0.2, 0.25) is 5.02 Å². The Hall–Kier alpha value is -2.10. The number of hydrogen-bond donors (Lipinski definition) is 1. The molecule has 0 spiro atoms. The minimum absolute atomic E-state index is 0.107. The molecule has 1 aromatic carbocycles. The van der Waals surface area contributed by atoms with Gasteiger partial charge >= 0.3 is 0 Å². The molecule has 0 atom stereocenters. The molecule has 1 N–H and O–H groups in total. The van der Waals surface area contributed by atoms with Gasteiger partial charge in [-0.05, 0) is 30.3 Å². The summed E-state index contributed by atoms with van der Waals surface area (Å²) in [5.41, 5.74) is 0.258. The Kier molecular flexibility index (Phi) is 4.48. The Morgan fingerprint density at radius 2 is 2.04 bits per heavy atom. The van der Waals surface area contributed by atoms with Crippen molar-refractivity contribution in [3.05, 3.63) is 41.2 Å². The number of sulfonamides is 1. The number of ether oxygens (including phenoxy) is 1. The molecule has 126 valence electrons. The Balaban J connectivity index is 1.92. The maximum absolute atomic E-state index is 12.6. The van der Waals surface area contributed by atoms with Crippen molar-refractivity contribution in [2.24, 2.45) is 0 Å². The monoisotopic (exact) mass is 385 g/mol. The number of aromatic nitrogens is 2. The molecule has 0 fully saturated rings. The van der Waals surface area contributed by atoms with Crippen LogP contribution in [-0.2, 0) is 10.0 Å². The van der Waals surface area contributed by atoms with Crippen molar-refractivity contribution in [1.29, 1.82) is 0 Å². The SMILES string of the molecule is COc1ccc(Cl)cc1NS(=O)(=O)c1ccc(-c2nnc(C)o2)s1. The molecule has 0 aliphatic carbocycles. The van der Waals surface area contributed by atoms with Crippen molar-refractivity contribution in [3.63, 3.8) is 0 Å². The lowest BCUT2D eigenvalue weighted by atomic mass is 10.3. The molecule has 3 aromatic rings. The number of benzene rings is 1. The normalized spacial score (nSPS) is 11.5. The second-order valence-electron chi connectivity index (χ2n) is 4.70. The predicted octanol–water partition coefficient (Wildman–Crippen LogP) is 3.57. The van der Waals surface area contributed by atoms with Gasteiger partial charge in [-0.25, -0.2) is 8.42 Å². The van der Waals surface area contributed by atoms with Crippen LogP contribution in [-0.4, -0.2) is 25.7 Å². The van der Waals surface area contributed by atoms with E-state index >= 15 is 0 Å². The van der Waals surface area contributed by atoms with E-state index < -0.39 is 10.0 Å². The van der Waals surface area contributed by atoms with Crippen LogP contribution in [0.25, 0.3) is 10.8 Å². The first-order valence-electron chi connectivity index (χ1n) is 6.66. The zero-order valence-electron chi connectivity index (χ0n) is 12.6. The number of nitrogens with one attached hydrogen (secondary N) is 1. The average Bonchev–Trinajstić information content (AvgIpc) is 3.16. The van der Waals surface area contributed by atoms with Crippen molar-refractivity contribution in [2.75, 3.05) is 11.8 Å². The Bertz CT molecular complexity index is 982. The van der Waals surface area contributed by atoms with Crippen LogP contribution in [0.4, 0.5) is 5.69 Å². The lowest BCUT2D eigenvalue weighted by Crippen LogP contribution is -2.12. The van der Waals surface area contributed by atoms with Crippen molar-refractivity contribution in [3.8, 4) is 16.5 Å². The van der Waals surface area contributed by atoms with Crippen LogP contribution in [0.1, 0.15) is 5.89 Å². The van der Waals surface area contributed by atoms with E-state index in [1.165, 1.54) is 19.2 Å². The molecule has 7 nitrogen and oxygen atoms in total. The molecular formula is C14H12ClN3O4S2. The van der Waals surface area contributed by atoms with Gasteiger partial charge in [-0.15, -0.1) is 21.5 Å². The molecule has 0 radical (unpaired) electrons. The zero-order chi connectivity index (χ0) is 17.3. The van der Waals surface area contributed by atoms with Gasteiger partial charge < -0.3 is 9.15 Å². The Labute approximate surface area is 147 Å². The van der Waals surface area contributed by atoms with E-state index in [2.05, 4.69) is 14.9 Å². The van der Waals surface area contributed by atoms with E-state index in [9.17, 15) is 8.42 Å². The van der Waals surface area contributed by atoms with Crippen molar-refractivity contribution in [1.82, 2.24) is 10.2 Å². The lowest BCUT2D eigenvalue weighted by molar-refractivity contribution is 0.417. The topological polar surface area (TPSA) is 94.3 Å². The first-order valence-corrected chi connectivity index (χ1v) is 9.33. The number of anilines is 1. The van der Waals surface area contributed by atoms with Gasteiger partial charge in [0.15, 0.2) is 0 Å². The van der Waals surface area contributed by atoms with Crippen molar-refractivity contribution < 1.29 is 17.6 Å². The highest BCUT2D eigenvalue weighted by molar-refractivity contribution is 7.94. The van der Waals surface area contributed by atoms with E-state index in [-0.39, 0.29) is 15.8 Å². The van der Waals surface area contributed by atoms with Crippen LogP contribution >= 0.6 is 22.9 Å². The average molecular weight is 386 g/mol. The van der Waals surface area contributed by atoms with Gasteiger partial charge in [-0.1, -0.05) is 11.6 Å². The smallest absolute Gasteiger partial charge is 0.271 e. The van der Waals surface area contributed by atoms with E-state index in [0.717, 1.165) is 11.3 Å². The van der Waals surface area contributed by atoms with Gasteiger partial charge in [0.2, 0.25) is 5.89 Å². The summed E-state index contributed by atoms with van der Waals surface area (Å²) < 4.78 is 38.2. The molecule has 3 rings (SSSR count). The quantitative estimate of drug-likeness (QED) is 0.721. The Morgan fingerprint density at radius 3 is 2.71 bits per heavy atom. The van der Waals surface area contributed by atoms with E-state index in [1.54, 1.807) is 25.1 Å². The fourth-order valence-corrected chi connectivity index (χ4v) is 4.39. The second-order valence-corrected chi connectivity index (χ2v) is 8.12. The van der Waals surface area contributed by atoms with Crippen molar-refractivity contribution >= 4 is 38.6 Å². The van der Waals surface area contributed by atoms with Crippen LogP contribution in [0, 0.1) is 6.92 Å². The molecule has 10 heteroatoms. The first kappa shape index (κ1) is 16.7. The molecule has 0 unspecified atom stereocenters. The van der Waals surface area contributed by atoms with E-state index in [0.29, 0.717) is 21.5 Å². The van der Waals surface area contributed by atoms with Crippen molar-refractivity contribution in [2.45, 2.75) is 11.1 Å². The van der Waals surface area contributed by atoms with E-state index in [1.807, 2.05) is 0 Å². The molecule has 0 saturated carbocycles. The molecule has 2 heterocycles. The fourth-order valence-electron chi connectivity index (χ4n) is 1.93. The highest BCUT2D eigenvalue weighted by atomic mass is 35.5. The number of thiophene rings is 1. The minimum Gasteiger partial charge on any atom is -0.495 e. The molecule has 24 heavy (non-hydrogen) atoms. The fraction of sp³-hybridized carbons (Fsp3) is 0.143. The number of rotatable bonds is 5. The number of halogens is 1. The lowest BCUT2D eigenvalue weighted by Gasteiger charge is -2.11. The number of methoxy groups -OCH3 is 1. The van der Waals surface area contributed by atoms with Gasteiger partial charge in [0, 0.05) is 11.9 Å². The summed E-state index contributed by atoms with van der Waals surface area (Å²) in [4.78, 5) is 0.564. The summed E-state index contributed by atoms with van der Waals surface area (Å²) in [5.74, 6) is 1.05. The summed E-state index contributed by atoms with van der Waals surface area (Å²) in [5, 5.41) is 7.99. The predicted molar refractivity (Wildman–Crippen MR) is 91.2 cm³/mol. The standard InChI is InChI=1S/C14H12ClN3O4S2/c1-8-16-17-14(22-8)12-5-6-13(23-12)24(19,20)18-10-7-9(15)3-4-11(10)21-2/h3-7,18H,1-2H3. The molecule has 0 aliphatic rings. The first-order chi connectivity index (χ1) is 11.4. The van der Waals surface area contributed by atoms with Crippen LogP contribution < -0.4 is 9.46 Å². The third-order valence-corrected chi connectivity index (χ3v) is 6.15. The highest BCUT2D eigenvalue weighted by Gasteiger charge is 2.21. The molecule has 0 saturated heterocycles. The van der Waals surface area contributed by atoms with Gasteiger partial charge in [-0.2, -0.15) is 0 Å². The van der Waals surface area contributed by atoms with Crippen LogP contribution in [0.3, 0.4) is 0 Å². The Morgan fingerprint density at radius 1 is 1.25 bits per heavy atom. The third-order valence-electron chi connectivity index (χ3n) is 2.99. The van der Waals surface area contributed by atoms with Gasteiger partial charge in [0.25, 0.3) is 15.9 Å². The molecule has 0 amide bonds. The molecule has 0 bridgehead atoms. The van der Waals surface area contributed by atoms with E-state index in [4.69, 9.17) is 20.8 Å². The summed E-state index contributed by atoms with van der Waals surface area (Å²) in [7, 11) is -2.36. The van der Waals surface area contributed by atoms with Crippen LogP contribution in [0.15, 0.2) is 39.0 Å². The van der Waals surface area contributed by atoms with Gasteiger partial charge in [0.05, 0.1) is 17.7 Å². The zero-order valence-corrected chi connectivity index (χ0v) is 15.0. The molecule has 2 aromatic heterocycles. The molecule has 0 aliphatic heterocycles.